The normalized spacial score (nSPS) is 11.8. The number of pyridine rings is 1. The molecule has 0 aliphatic carbocycles. The van der Waals surface area contributed by atoms with Crippen LogP contribution in [0, 0.1) is 18.2 Å². The number of aryl methyl sites for hydroxylation is 1. The lowest BCUT2D eigenvalue weighted by molar-refractivity contribution is 0.0754. The standard InChI is InChI=1S/C18H18ClFN4O/c1-10-7-12(5-6-13(10)20)22-14-8-11-9-21-24(16(11)23-15(14)19)17(25)18(2,3)4/h5-9,22H,1-4H3. The lowest BCUT2D eigenvalue weighted by Gasteiger charge is -2.16. The minimum atomic E-state index is -0.588. The van der Waals surface area contributed by atoms with E-state index < -0.39 is 5.41 Å². The summed E-state index contributed by atoms with van der Waals surface area (Å²) in [5.74, 6) is -0.437. The van der Waals surface area contributed by atoms with Crippen LogP contribution in [0.2, 0.25) is 5.15 Å². The highest BCUT2D eigenvalue weighted by Crippen LogP contribution is 2.29. The van der Waals surface area contributed by atoms with Crippen molar-refractivity contribution in [3.8, 4) is 0 Å². The number of halogens is 2. The minimum absolute atomic E-state index is 0.166. The van der Waals surface area contributed by atoms with E-state index in [-0.39, 0.29) is 16.9 Å². The van der Waals surface area contributed by atoms with Crippen molar-refractivity contribution in [2.24, 2.45) is 5.41 Å². The Morgan fingerprint density at radius 1 is 1.28 bits per heavy atom. The first kappa shape index (κ1) is 17.4. The van der Waals surface area contributed by atoms with Gasteiger partial charge < -0.3 is 5.32 Å². The van der Waals surface area contributed by atoms with Gasteiger partial charge in [-0.05, 0) is 36.8 Å². The summed E-state index contributed by atoms with van der Waals surface area (Å²) in [6, 6.07) is 6.46. The van der Waals surface area contributed by atoms with Crippen molar-refractivity contribution in [1.29, 1.82) is 0 Å². The number of carbonyl (C=O) groups excluding carboxylic acids is 1. The molecule has 0 aliphatic rings. The van der Waals surface area contributed by atoms with E-state index in [0.29, 0.717) is 28.0 Å². The summed E-state index contributed by atoms with van der Waals surface area (Å²) in [5.41, 5.74) is 1.60. The van der Waals surface area contributed by atoms with E-state index in [2.05, 4.69) is 15.4 Å². The molecular weight excluding hydrogens is 343 g/mol. The second kappa shape index (κ2) is 6.11. The number of hydrogen-bond acceptors (Lipinski definition) is 4. The lowest BCUT2D eigenvalue weighted by Crippen LogP contribution is -2.27. The van der Waals surface area contributed by atoms with Crippen LogP contribution < -0.4 is 5.32 Å². The van der Waals surface area contributed by atoms with Crippen molar-refractivity contribution in [2.75, 3.05) is 5.32 Å². The summed E-state index contributed by atoms with van der Waals surface area (Å²) < 4.78 is 14.7. The highest BCUT2D eigenvalue weighted by Gasteiger charge is 2.26. The average molecular weight is 361 g/mol. The number of nitrogens with zero attached hydrogens (tertiary/aromatic N) is 3. The van der Waals surface area contributed by atoms with Crippen LogP contribution in [-0.4, -0.2) is 20.7 Å². The van der Waals surface area contributed by atoms with Gasteiger partial charge >= 0.3 is 0 Å². The molecule has 0 unspecified atom stereocenters. The summed E-state index contributed by atoms with van der Waals surface area (Å²) in [7, 11) is 0. The molecule has 130 valence electrons. The number of aromatic nitrogens is 3. The van der Waals surface area contributed by atoms with Gasteiger partial charge in [-0.25, -0.2) is 9.37 Å². The van der Waals surface area contributed by atoms with E-state index in [4.69, 9.17) is 11.6 Å². The van der Waals surface area contributed by atoms with Gasteiger partial charge in [0, 0.05) is 16.5 Å². The molecule has 25 heavy (non-hydrogen) atoms. The molecule has 0 amide bonds. The smallest absolute Gasteiger partial charge is 0.254 e. The number of rotatable bonds is 2. The second-order valence-corrected chi connectivity index (χ2v) is 7.30. The number of carbonyl (C=O) groups is 1. The Bertz CT molecular complexity index is 975. The summed E-state index contributed by atoms with van der Waals surface area (Å²) in [4.78, 5) is 16.8. The number of benzene rings is 1. The molecule has 0 saturated heterocycles. The van der Waals surface area contributed by atoms with Crippen molar-refractivity contribution in [3.63, 3.8) is 0 Å². The molecule has 3 rings (SSSR count). The maximum atomic E-state index is 13.4. The molecule has 0 atom stereocenters. The van der Waals surface area contributed by atoms with Crippen LogP contribution in [0.1, 0.15) is 31.1 Å². The molecule has 0 spiro atoms. The predicted octanol–water partition coefficient (Wildman–Crippen LogP) is 4.96. The third kappa shape index (κ3) is 3.35. The summed E-state index contributed by atoms with van der Waals surface area (Å²) in [6.45, 7) is 7.14. The maximum Gasteiger partial charge on any atom is 0.254 e. The van der Waals surface area contributed by atoms with Gasteiger partial charge in [0.1, 0.15) is 5.82 Å². The first-order valence-electron chi connectivity index (χ1n) is 7.79. The molecular formula is C18H18ClFN4O. The lowest BCUT2D eigenvalue weighted by atomic mass is 9.96. The van der Waals surface area contributed by atoms with Crippen molar-refractivity contribution in [3.05, 3.63) is 47.0 Å². The van der Waals surface area contributed by atoms with E-state index in [1.54, 1.807) is 31.3 Å². The molecule has 2 heterocycles. The van der Waals surface area contributed by atoms with Gasteiger partial charge in [-0.15, -0.1) is 0 Å². The molecule has 0 aliphatic heterocycles. The van der Waals surface area contributed by atoms with E-state index in [1.165, 1.54) is 10.7 Å². The molecule has 7 heteroatoms. The van der Waals surface area contributed by atoms with Crippen LogP contribution in [0.5, 0.6) is 0 Å². The van der Waals surface area contributed by atoms with Gasteiger partial charge in [0.15, 0.2) is 10.8 Å². The molecule has 1 aromatic carbocycles. The van der Waals surface area contributed by atoms with Crippen molar-refractivity contribution in [2.45, 2.75) is 27.7 Å². The fourth-order valence-corrected chi connectivity index (χ4v) is 2.55. The second-order valence-electron chi connectivity index (χ2n) is 6.94. The zero-order valence-electron chi connectivity index (χ0n) is 14.4. The van der Waals surface area contributed by atoms with Crippen molar-refractivity contribution in [1.82, 2.24) is 14.8 Å². The Kier molecular flexibility index (Phi) is 4.24. The monoisotopic (exact) mass is 360 g/mol. The number of fused-ring (bicyclic) bond motifs is 1. The minimum Gasteiger partial charge on any atom is -0.353 e. The first-order valence-corrected chi connectivity index (χ1v) is 8.17. The Labute approximate surface area is 149 Å². The van der Waals surface area contributed by atoms with Crippen LogP contribution in [0.3, 0.4) is 0 Å². The number of anilines is 2. The van der Waals surface area contributed by atoms with Crippen LogP contribution in [-0.2, 0) is 0 Å². The fraction of sp³-hybridized carbons (Fsp3) is 0.278. The molecule has 0 fully saturated rings. The van der Waals surface area contributed by atoms with Gasteiger partial charge in [0.05, 0.1) is 11.9 Å². The summed E-state index contributed by atoms with van der Waals surface area (Å²) in [6.07, 6.45) is 1.57. The van der Waals surface area contributed by atoms with Crippen molar-refractivity contribution >= 4 is 39.9 Å². The van der Waals surface area contributed by atoms with Crippen LogP contribution in [0.25, 0.3) is 11.0 Å². The van der Waals surface area contributed by atoms with Gasteiger partial charge in [-0.1, -0.05) is 32.4 Å². The van der Waals surface area contributed by atoms with Gasteiger partial charge in [0.25, 0.3) is 5.91 Å². The van der Waals surface area contributed by atoms with E-state index in [9.17, 15) is 9.18 Å². The summed E-state index contributed by atoms with van der Waals surface area (Å²) in [5, 5.41) is 8.15. The summed E-state index contributed by atoms with van der Waals surface area (Å²) >= 11 is 6.27. The van der Waals surface area contributed by atoms with Crippen LogP contribution in [0.15, 0.2) is 30.5 Å². The van der Waals surface area contributed by atoms with Crippen molar-refractivity contribution < 1.29 is 9.18 Å². The largest absolute Gasteiger partial charge is 0.353 e. The van der Waals surface area contributed by atoms with Crippen LogP contribution in [0.4, 0.5) is 15.8 Å². The molecule has 0 radical (unpaired) electrons. The molecule has 1 N–H and O–H groups in total. The van der Waals surface area contributed by atoms with E-state index in [0.717, 1.165) is 0 Å². The highest BCUT2D eigenvalue weighted by atomic mass is 35.5. The zero-order valence-corrected chi connectivity index (χ0v) is 15.1. The third-order valence-electron chi connectivity index (χ3n) is 3.77. The zero-order chi connectivity index (χ0) is 18.4. The van der Waals surface area contributed by atoms with E-state index in [1.807, 2.05) is 20.8 Å². The molecule has 3 aromatic rings. The SMILES string of the molecule is Cc1cc(Nc2cc3cnn(C(=O)C(C)(C)C)c3nc2Cl)ccc1F. The Morgan fingerprint density at radius 3 is 2.64 bits per heavy atom. The third-order valence-corrected chi connectivity index (χ3v) is 4.06. The Balaban J connectivity index is 2.00. The predicted molar refractivity (Wildman–Crippen MR) is 97.0 cm³/mol. The van der Waals surface area contributed by atoms with Gasteiger partial charge in [-0.2, -0.15) is 9.78 Å². The number of hydrogen-bond donors (Lipinski definition) is 1. The van der Waals surface area contributed by atoms with Gasteiger partial charge in [0.2, 0.25) is 0 Å². The fourth-order valence-electron chi connectivity index (χ4n) is 2.37. The van der Waals surface area contributed by atoms with Crippen LogP contribution >= 0.6 is 11.6 Å². The maximum absolute atomic E-state index is 13.4. The van der Waals surface area contributed by atoms with E-state index >= 15 is 0 Å². The average Bonchev–Trinajstić information content (AvgIpc) is 2.92. The molecule has 2 aromatic heterocycles. The molecule has 5 nitrogen and oxygen atoms in total. The van der Waals surface area contributed by atoms with Gasteiger partial charge in [-0.3, -0.25) is 4.79 Å². The highest BCUT2D eigenvalue weighted by molar-refractivity contribution is 6.32. The topological polar surface area (TPSA) is 59.8 Å². The molecule has 0 bridgehead atoms. The Morgan fingerprint density at radius 2 is 2.00 bits per heavy atom. The number of nitrogens with one attached hydrogen (secondary N) is 1. The molecule has 0 saturated carbocycles. The Hall–Kier alpha value is -2.47. The quantitative estimate of drug-likeness (QED) is 0.656. The first-order chi connectivity index (χ1) is 11.7.